The average Bonchev–Trinajstić information content (AvgIpc) is 2.38. The summed E-state index contributed by atoms with van der Waals surface area (Å²) in [6.07, 6.45) is 2.75. The molecule has 0 fully saturated rings. The summed E-state index contributed by atoms with van der Waals surface area (Å²) < 4.78 is 18.0. The quantitative estimate of drug-likeness (QED) is 0.711. The van der Waals surface area contributed by atoms with E-state index in [-0.39, 0.29) is 17.8 Å². The topological polar surface area (TPSA) is 29.5 Å². The fraction of sp³-hybridized carbons (Fsp3) is 0.533. The van der Waals surface area contributed by atoms with Crippen LogP contribution >= 0.6 is 0 Å². The SMILES string of the molecule is CCCCC(C(=O)OC)N(C)Cc1cccc(F)c1. The zero-order valence-corrected chi connectivity index (χ0v) is 11.9. The highest BCUT2D eigenvalue weighted by atomic mass is 19.1. The third-order valence-electron chi connectivity index (χ3n) is 3.16. The molecule has 0 N–H and O–H groups in total. The van der Waals surface area contributed by atoms with Gasteiger partial charge in [-0.05, 0) is 31.2 Å². The van der Waals surface area contributed by atoms with Crippen LogP contribution in [-0.4, -0.2) is 31.1 Å². The summed E-state index contributed by atoms with van der Waals surface area (Å²) in [5.74, 6) is -0.485. The summed E-state index contributed by atoms with van der Waals surface area (Å²) in [5, 5.41) is 0. The van der Waals surface area contributed by atoms with Crippen LogP contribution in [0.5, 0.6) is 0 Å². The van der Waals surface area contributed by atoms with Crippen molar-refractivity contribution in [2.45, 2.75) is 38.8 Å². The molecule has 0 aliphatic rings. The van der Waals surface area contributed by atoms with E-state index in [4.69, 9.17) is 4.74 Å². The summed E-state index contributed by atoms with van der Waals surface area (Å²) >= 11 is 0. The number of nitrogens with zero attached hydrogens (tertiary/aromatic N) is 1. The monoisotopic (exact) mass is 267 g/mol. The number of ether oxygens (including phenoxy) is 1. The number of halogens is 1. The van der Waals surface area contributed by atoms with Crippen molar-refractivity contribution in [2.75, 3.05) is 14.2 Å². The zero-order chi connectivity index (χ0) is 14.3. The lowest BCUT2D eigenvalue weighted by Gasteiger charge is -2.25. The molecular weight excluding hydrogens is 245 g/mol. The van der Waals surface area contributed by atoms with Crippen molar-refractivity contribution >= 4 is 5.97 Å². The molecule has 3 nitrogen and oxygen atoms in total. The Kier molecular flexibility index (Phi) is 6.50. The van der Waals surface area contributed by atoms with Gasteiger partial charge in [0.2, 0.25) is 0 Å². The molecule has 0 radical (unpaired) electrons. The molecule has 0 heterocycles. The van der Waals surface area contributed by atoms with E-state index >= 15 is 0 Å². The van der Waals surface area contributed by atoms with Gasteiger partial charge in [0.25, 0.3) is 0 Å². The van der Waals surface area contributed by atoms with E-state index in [1.165, 1.54) is 19.2 Å². The number of carbonyl (C=O) groups is 1. The maximum Gasteiger partial charge on any atom is 0.323 e. The minimum absolute atomic E-state index is 0.229. The number of carbonyl (C=O) groups excluding carboxylic acids is 1. The van der Waals surface area contributed by atoms with Crippen LogP contribution in [0.15, 0.2) is 24.3 Å². The van der Waals surface area contributed by atoms with Crippen LogP contribution in [0, 0.1) is 5.82 Å². The first kappa shape index (κ1) is 15.6. The first-order chi connectivity index (χ1) is 9.08. The van der Waals surface area contributed by atoms with Crippen LogP contribution in [0.1, 0.15) is 31.7 Å². The van der Waals surface area contributed by atoms with Gasteiger partial charge >= 0.3 is 5.97 Å². The minimum Gasteiger partial charge on any atom is -0.468 e. The van der Waals surface area contributed by atoms with Gasteiger partial charge in [0.1, 0.15) is 11.9 Å². The van der Waals surface area contributed by atoms with Crippen LogP contribution in [-0.2, 0) is 16.1 Å². The van der Waals surface area contributed by atoms with Gasteiger partial charge in [0.05, 0.1) is 7.11 Å². The van der Waals surface area contributed by atoms with Gasteiger partial charge in [0, 0.05) is 6.54 Å². The fourth-order valence-corrected chi connectivity index (χ4v) is 2.09. The predicted octanol–water partition coefficient (Wildman–Crippen LogP) is 2.99. The van der Waals surface area contributed by atoms with E-state index in [0.29, 0.717) is 6.54 Å². The summed E-state index contributed by atoms with van der Waals surface area (Å²) in [6.45, 7) is 2.61. The zero-order valence-electron chi connectivity index (χ0n) is 11.9. The lowest BCUT2D eigenvalue weighted by molar-refractivity contribution is -0.147. The number of unbranched alkanes of at least 4 members (excludes halogenated alkanes) is 1. The second kappa shape index (κ2) is 7.89. The predicted molar refractivity (Wildman–Crippen MR) is 73.2 cm³/mol. The van der Waals surface area contributed by atoms with E-state index in [1.54, 1.807) is 6.07 Å². The number of benzene rings is 1. The smallest absolute Gasteiger partial charge is 0.323 e. The normalized spacial score (nSPS) is 12.5. The molecule has 0 aliphatic carbocycles. The number of methoxy groups -OCH3 is 1. The van der Waals surface area contributed by atoms with Gasteiger partial charge < -0.3 is 4.74 Å². The molecule has 0 saturated heterocycles. The Bertz CT molecular complexity index is 409. The summed E-state index contributed by atoms with van der Waals surface area (Å²) in [5.41, 5.74) is 0.855. The summed E-state index contributed by atoms with van der Waals surface area (Å²) in [7, 11) is 3.26. The summed E-state index contributed by atoms with van der Waals surface area (Å²) in [6, 6.07) is 6.17. The van der Waals surface area contributed by atoms with Crippen molar-refractivity contribution < 1.29 is 13.9 Å². The molecule has 1 atom stereocenters. The third-order valence-corrected chi connectivity index (χ3v) is 3.16. The molecule has 0 amide bonds. The van der Waals surface area contributed by atoms with E-state index in [9.17, 15) is 9.18 Å². The van der Waals surface area contributed by atoms with Crippen molar-refractivity contribution in [1.82, 2.24) is 4.90 Å². The molecule has 0 saturated carbocycles. The Morgan fingerprint density at radius 1 is 1.47 bits per heavy atom. The van der Waals surface area contributed by atoms with Crippen molar-refractivity contribution in [3.8, 4) is 0 Å². The number of rotatable bonds is 7. The van der Waals surface area contributed by atoms with Gasteiger partial charge in [-0.1, -0.05) is 31.9 Å². The first-order valence-corrected chi connectivity index (χ1v) is 6.61. The van der Waals surface area contributed by atoms with Gasteiger partial charge in [-0.15, -0.1) is 0 Å². The highest BCUT2D eigenvalue weighted by Crippen LogP contribution is 2.13. The first-order valence-electron chi connectivity index (χ1n) is 6.61. The molecule has 106 valence electrons. The van der Waals surface area contributed by atoms with E-state index < -0.39 is 0 Å². The average molecular weight is 267 g/mol. The van der Waals surface area contributed by atoms with Crippen LogP contribution < -0.4 is 0 Å². The maximum atomic E-state index is 13.1. The van der Waals surface area contributed by atoms with Crippen molar-refractivity contribution in [3.05, 3.63) is 35.6 Å². The lowest BCUT2D eigenvalue weighted by Crippen LogP contribution is -2.38. The molecule has 19 heavy (non-hydrogen) atoms. The molecular formula is C15H22FNO2. The molecule has 1 aromatic rings. The van der Waals surface area contributed by atoms with Gasteiger partial charge in [-0.2, -0.15) is 0 Å². The number of hydrogen-bond donors (Lipinski definition) is 0. The van der Waals surface area contributed by atoms with E-state index in [1.807, 2.05) is 18.0 Å². The Morgan fingerprint density at radius 2 is 2.21 bits per heavy atom. The molecule has 0 spiro atoms. The van der Waals surface area contributed by atoms with E-state index in [2.05, 4.69) is 6.92 Å². The standard InChI is InChI=1S/C15H22FNO2/c1-4-5-9-14(15(18)19-3)17(2)11-12-7-6-8-13(16)10-12/h6-8,10,14H,4-5,9,11H2,1-3H3. The van der Waals surface area contributed by atoms with Crippen molar-refractivity contribution in [3.63, 3.8) is 0 Å². The Balaban J connectivity index is 2.70. The minimum atomic E-state index is -0.270. The Morgan fingerprint density at radius 3 is 2.79 bits per heavy atom. The maximum absolute atomic E-state index is 13.1. The fourth-order valence-electron chi connectivity index (χ4n) is 2.09. The van der Waals surface area contributed by atoms with Crippen molar-refractivity contribution in [2.24, 2.45) is 0 Å². The third kappa shape index (κ3) is 4.99. The largest absolute Gasteiger partial charge is 0.468 e. The van der Waals surface area contributed by atoms with Crippen LogP contribution in [0.4, 0.5) is 4.39 Å². The second-order valence-corrected chi connectivity index (χ2v) is 4.73. The van der Waals surface area contributed by atoms with Crippen LogP contribution in [0.2, 0.25) is 0 Å². The molecule has 1 aromatic carbocycles. The number of esters is 1. The molecule has 0 aliphatic heterocycles. The molecule has 0 bridgehead atoms. The summed E-state index contributed by atoms with van der Waals surface area (Å²) in [4.78, 5) is 13.7. The van der Waals surface area contributed by atoms with Crippen LogP contribution in [0.25, 0.3) is 0 Å². The highest BCUT2D eigenvalue weighted by Gasteiger charge is 2.23. The van der Waals surface area contributed by atoms with Gasteiger partial charge in [-0.25, -0.2) is 4.39 Å². The highest BCUT2D eigenvalue weighted by molar-refractivity contribution is 5.75. The van der Waals surface area contributed by atoms with Crippen molar-refractivity contribution in [1.29, 1.82) is 0 Å². The molecule has 1 unspecified atom stereocenters. The van der Waals surface area contributed by atoms with Crippen LogP contribution in [0.3, 0.4) is 0 Å². The van der Waals surface area contributed by atoms with Gasteiger partial charge in [-0.3, -0.25) is 9.69 Å². The number of likely N-dealkylation sites (N-methyl/N-ethyl adjacent to an activating group) is 1. The lowest BCUT2D eigenvalue weighted by atomic mass is 10.1. The molecule has 0 aromatic heterocycles. The second-order valence-electron chi connectivity index (χ2n) is 4.73. The Labute approximate surface area is 114 Å². The Hall–Kier alpha value is -1.42. The van der Waals surface area contributed by atoms with Gasteiger partial charge in [0.15, 0.2) is 0 Å². The molecule has 4 heteroatoms. The van der Waals surface area contributed by atoms with E-state index in [0.717, 1.165) is 24.8 Å². The molecule has 1 rings (SSSR count). The number of hydrogen-bond acceptors (Lipinski definition) is 3.